The standard InChI is InChI=1S/C20H26N2O5S/c1-4-26-18-11-5-6-12-19(18)27-14-8-13-20(23)21-16-9-7-10-17(15-16)28(24,25)22(2)3/h5-7,9-12,15H,4,8,13-14H2,1-3H3,(H,21,23). The third kappa shape index (κ3) is 5.97. The predicted molar refractivity (Wildman–Crippen MR) is 108 cm³/mol. The lowest BCUT2D eigenvalue weighted by Crippen LogP contribution is -2.22. The van der Waals surface area contributed by atoms with Gasteiger partial charge in [0.25, 0.3) is 0 Å². The lowest BCUT2D eigenvalue weighted by Gasteiger charge is -2.13. The Balaban J connectivity index is 1.85. The van der Waals surface area contributed by atoms with Crippen molar-refractivity contribution in [3.05, 3.63) is 48.5 Å². The van der Waals surface area contributed by atoms with Crippen LogP contribution in [-0.2, 0) is 14.8 Å². The molecule has 0 aromatic heterocycles. The highest BCUT2D eigenvalue weighted by atomic mass is 32.2. The number of ether oxygens (including phenoxy) is 2. The van der Waals surface area contributed by atoms with Gasteiger partial charge in [-0.25, -0.2) is 12.7 Å². The van der Waals surface area contributed by atoms with E-state index < -0.39 is 10.0 Å². The average Bonchev–Trinajstić information content (AvgIpc) is 2.66. The minimum absolute atomic E-state index is 0.131. The fourth-order valence-electron chi connectivity index (χ4n) is 2.43. The van der Waals surface area contributed by atoms with Gasteiger partial charge >= 0.3 is 0 Å². The number of rotatable bonds is 10. The number of carbonyl (C=O) groups excluding carboxylic acids is 1. The van der Waals surface area contributed by atoms with Gasteiger partial charge in [-0.2, -0.15) is 0 Å². The van der Waals surface area contributed by atoms with Gasteiger partial charge in [0.2, 0.25) is 15.9 Å². The van der Waals surface area contributed by atoms with Gasteiger partial charge in [0.05, 0.1) is 18.1 Å². The van der Waals surface area contributed by atoms with E-state index in [9.17, 15) is 13.2 Å². The molecule has 152 valence electrons. The molecule has 0 aliphatic rings. The molecule has 0 aliphatic carbocycles. The lowest BCUT2D eigenvalue weighted by atomic mass is 10.2. The van der Waals surface area contributed by atoms with Crippen molar-refractivity contribution in [3.8, 4) is 11.5 Å². The van der Waals surface area contributed by atoms with Crippen LogP contribution in [0.1, 0.15) is 19.8 Å². The number of nitrogens with zero attached hydrogens (tertiary/aromatic N) is 1. The van der Waals surface area contributed by atoms with Crippen molar-refractivity contribution in [1.29, 1.82) is 0 Å². The predicted octanol–water partition coefficient (Wildman–Crippen LogP) is 3.13. The van der Waals surface area contributed by atoms with E-state index in [4.69, 9.17) is 9.47 Å². The first-order valence-corrected chi connectivity index (χ1v) is 10.5. The van der Waals surface area contributed by atoms with E-state index in [1.165, 1.54) is 26.2 Å². The number of benzene rings is 2. The minimum atomic E-state index is -3.55. The molecule has 0 saturated heterocycles. The van der Waals surface area contributed by atoms with Gasteiger partial charge in [-0.15, -0.1) is 0 Å². The van der Waals surface area contributed by atoms with Crippen LogP contribution in [-0.4, -0.2) is 45.9 Å². The van der Waals surface area contributed by atoms with Gasteiger partial charge in [-0.3, -0.25) is 4.79 Å². The lowest BCUT2D eigenvalue weighted by molar-refractivity contribution is -0.116. The number of para-hydroxylation sites is 2. The summed E-state index contributed by atoms with van der Waals surface area (Å²) in [5.41, 5.74) is 0.440. The normalized spacial score (nSPS) is 11.3. The summed E-state index contributed by atoms with van der Waals surface area (Å²) in [5, 5.41) is 2.72. The molecule has 2 aromatic rings. The van der Waals surface area contributed by atoms with Crippen molar-refractivity contribution < 1.29 is 22.7 Å². The molecule has 2 aromatic carbocycles. The maximum absolute atomic E-state index is 12.2. The van der Waals surface area contributed by atoms with E-state index >= 15 is 0 Å². The molecule has 0 atom stereocenters. The van der Waals surface area contributed by atoms with Crippen LogP contribution in [0.4, 0.5) is 5.69 Å². The van der Waals surface area contributed by atoms with Gasteiger partial charge in [-0.1, -0.05) is 18.2 Å². The molecular formula is C20H26N2O5S. The Morgan fingerprint density at radius 2 is 1.71 bits per heavy atom. The van der Waals surface area contributed by atoms with Crippen molar-refractivity contribution in [3.63, 3.8) is 0 Å². The summed E-state index contributed by atoms with van der Waals surface area (Å²) in [6, 6.07) is 13.6. The fraction of sp³-hybridized carbons (Fsp3) is 0.350. The number of amides is 1. The second-order valence-corrected chi connectivity index (χ2v) is 8.35. The Morgan fingerprint density at radius 3 is 2.36 bits per heavy atom. The first kappa shape index (κ1) is 21.7. The first-order valence-electron chi connectivity index (χ1n) is 9.01. The van der Waals surface area contributed by atoms with Gasteiger partial charge in [0.1, 0.15) is 0 Å². The summed E-state index contributed by atoms with van der Waals surface area (Å²) in [6.45, 7) is 2.82. The highest BCUT2D eigenvalue weighted by Crippen LogP contribution is 2.26. The number of sulfonamides is 1. The Hall–Kier alpha value is -2.58. The van der Waals surface area contributed by atoms with Crippen molar-refractivity contribution in [2.75, 3.05) is 32.6 Å². The van der Waals surface area contributed by atoms with E-state index in [0.717, 1.165) is 4.31 Å². The minimum Gasteiger partial charge on any atom is -0.490 e. The molecular weight excluding hydrogens is 380 g/mol. The summed E-state index contributed by atoms with van der Waals surface area (Å²) in [6.07, 6.45) is 0.767. The smallest absolute Gasteiger partial charge is 0.242 e. The molecule has 1 N–H and O–H groups in total. The largest absolute Gasteiger partial charge is 0.490 e. The van der Waals surface area contributed by atoms with E-state index in [0.29, 0.717) is 36.8 Å². The molecule has 28 heavy (non-hydrogen) atoms. The Kier molecular flexibility index (Phi) is 7.83. The maximum Gasteiger partial charge on any atom is 0.242 e. The van der Waals surface area contributed by atoms with E-state index in [1.54, 1.807) is 12.1 Å². The molecule has 7 nitrogen and oxygen atoms in total. The van der Waals surface area contributed by atoms with Crippen molar-refractivity contribution in [2.45, 2.75) is 24.7 Å². The zero-order valence-electron chi connectivity index (χ0n) is 16.3. The molecule has 0 heterocycles. The molecule has 0 radical (unpaired) electrons. The zero-order chi connectivity index (χ0) is 20.6. The van der Waals surface area contributed by atoms with Crippen LogP contribution in [0.2, 0.25) is 0 Å². The molecule has 2 rings (SSSR count). The van der Waals surface area contributed by atoms with Crippen molar-refractivity contribution in [2.24, 2.45) is 0 Å². The van der Waals surface area contributed by atoms with Crippen LogP contribution in [0.25, 0.3) is 0 Å². The summed E-state index contributed by atoms with van der Waals surface area (Å²) < 4.78 is 36.7. The van der Waals surface area contributed by atoms with Gasteiger partial charge < -0.3 is 14.8 Å². The summed E-state index contributed by atoms with van der Waals surface area (Å²) in [7, 11) is -0.620. The Labute approximate surface area is 166 Å². The molecule has 8 heteroatoms. The Bertz CT molecular complexity index is 897. The van der Waals surface area contributed by atoms with E-state index in [-0.39, 0.29) is 17.2 Å². The number of hydrogen-bond acceptors (Lipinski definition) is 5. The summed E-state index contributed by atoms with van der Waals surface area (Å²) in [5.74, 6) is 1.11. The van der Waals surface area contributed by atoms with Crippen LogP contribution < -0.4 is 14.8 Å². The van der Waals surface area contributed by atoms with Crippen molar-refractivity contribution in [1.82, 2.24) is 4.31 Å². The Morgan fingerprint density at radius 1 is 1.04 bits per heavy atom. The highest BCUT2D eigenvalue weighted by Gasteiger charge is 2.17. The number of hydrogen-bond donors (Lipinski definition) is 1. The molecule has 0 spiro atoms. The van der Waals surface area contributed by atoms with Crippen LogP contribution in [0, 0.1) is 0 Å². The third-order valence-corrected chi connectivity index (χ3v) is 5.66. The third-order valence-electron chi connectivity index (χ3n) is 3.85. The van der Waals surface area contributed by atoms with Gasteiger partial charge in [-0.05, 0) is 43.7 Å². The first-order chi connectivity index (χ1) is 13.3. The van der Waals surface area contributed by atoms with Gasteiger partial charge in [0.15, 0.2) is 11.5 Å². The number of nitrogens with one attached hydrogen (secondary N) is 1. The maximum atomic E-state index is 12.2. The quantitative estimate of drug-likeness (QED) is 0.613. The van der Waals surface area contributed by atoms with Crippen LogP contribution in [0.15, 0.2) is 53.4 Å². The molecule has 0 saturated carbocycles. The van der Waals surface area contributed by atoms with Gasteiger partial charge in [0, 0.05) is 26.2 Å². The van der Waals surface area contributed by atoms with Crippen LogP contribution in [0.3, 0.4) is 0 Å². The monoisotopic (exact) mass is 406 g/mol. The average molecular weight is 407 g/mol. The zero-order valence-corrected chi connectivity index (χ0v) is 17.2. The molecule has 0 aliphatic heterocycles. The SMILES string of the molecule is CCOc1ccccc1OCCCC(=O)Nc1cccc(S(=O)(=O)N(C)C)c1. The second-order valence-electron chi connectivity index (χ2n) is 6.20. The molecule has 0 bridgehead atoms. The van der Waals surface area contributed by atoms with Crippen LogP contribution in [0.5, 0.6) is 11.5 Å². The topological polar surface area (TPSA) is 84.9 Å². The second kappa shape index (κ2) is 10.1. The highest BCUT2D eigenvalue weighted by molar-refractivity contribution is 7.89. The summed E-state index contributed by atoms with van der Waals surface area (Å²) in [4.78, 5) is 12.3. The molecule has 1 amide bonds. The summed E-state index contributed by atoms with van der Waals surface area (Å²) >= 11 is 0. The fourth-order valence-corrected chi connectivity index (χ4v) is 3.38. The van der Waals surface area contributed by atoms with E-state index in [2.05, 4.69) is 5.32 Å². The van der Waals surface area contributed by atoms with Crippen LogP contribution >= 0.6 is 0 Å². The number of carbonyl (C=O) groups is 1. The molecule has 0 unspecified atom stereocenters. The van der Waals surface area contributed by atoms with E-state index in [1.807, 2.05) is 31.2 Å². The molecule has 0 fully saturated rings. The number of anilines is 1. The van der Waals surface area contributed by atoms with Crippen molar-refractivity contribution >= 4 is 21.6 Å².